The largest absolute Gasteiger partial charge is 0.291 e. The standard InChI is InChI=1S/C15H17BrN2O/c1-9-5-10(2)13(11(3)6-9)8-18-12(4)17-7-14(16)15(18)19/h5-7H,8H2,1-4H3. The van der Waals surface area contributed by atoms with Crippen LogP contribution in [0.5, 0.6) is 0 Å². The van der Waals surface area contributed by atoms with E-state index >= 15 is 0 Å². The summed E-state index contributed by atoms with van der Waals surface area (Å²) in [7, 11) is 0. The van der Waals surface area contributed by atoms with Crippen LogP contribution in [0, 0.1) is 27.7 Å². The van der Waals surface area contributed by atoms with Crippen molar-refractivity contribution in [2.75, 3.05) is 0 Å². The lowest BCUT2D eigenvalue weighted by atomic mass is 10.00. The van der Waals surface area contributed by atoms with Gasteiger partial charge < -0.3 is 0 Å². The Morgan fingerprint density at radius 1 is 1.16 bits per heavy atom. The first kappa shape index (κ1) is 14.0. The van der Waals surface area contributed by atoms with Crippen LogP contribution in [0.2, 0.25) is 0 Å². The van der Waals surface area contributed by atoms with Crippen molar-refractivity contribution in [2.24, 2.45) is 0 Å². The minimum Gasteiger partial charge on any atom is -0.291 e. The summed E-state index contributed by atoms with van der Waals surface area (Å²) in [6.45, 7) is 8.67. The molecule has 1 heterocycles. The maximum absolute atomic E-state index is 12.2. The second-order valence-corrected chi connectivity index (χ2v) is 5.78. The van der Waals surface area contributed by atoms with Crippen LogP contribution in [0.4, 0.5) is 0 Å². The molecule has 1 aromatic carbocycles. The summed E-state index contributed by atoms with van der Waals surface area (Å²) >= 11 is 3.25. The Bertz CT molecular complexity index is 666. The van der Waals surface area contributed by atoms with Gasteiger partial charge in [-0.05, 0) is 60.3 Å². The maximum Gasteiger partial charge on any atom is 0.268 e. The van der Waals surface area contributed by atoms with Gasteiger partial charge in [0.1, 0.15) is 10.3 Å². The van der Waals surface area contributed by atoms with E-state index < -0.39 is 0 Å². The first-order valence-corrected chi connectivity index (χ1v) is 6.98. The topological polar surface area (TPSA) is 34.9 Å². The summed E-state index contributed by atoms with van der Waals surface area (Å²) in [5.74, 6) is 0.729. The molecule has 0 radical (unpaired) electrons. The maximum atomic E-state index is 12.2. The third-order valence-corrected chi connectivity index (χ3v) is 3.91. The van der Waals surface area contributed by atoms with E-state index in [0.717, 1.165) is 5.82 Å². The van der Waals surface area contributed by atoms with Gasteiger partial charge in [0.15, 0.2) is 0 Å². The molecule has 0 spiro atoms. The van der Waals surface area contributed by atoms with E-state index in [0.29, 0.717) is 11.0 Å². The molecule has 1 aromatic heterocycles. The van der Waals surface area contributed by atoms with E-state index in [-0.39, 0.29) is 5.56 Å². The van der Waals surface area contributed by atoms with Crippen molar-refractivity contribution in [3.63, 3.8) is 0 Å². The molecule has 3 nitrogen and oxygen atoms in total. The van der Waals surface area contributed by atoms with E-state index in [1.54, 1.807) is 10.8 Å². The Morgan fingerprint density at radius 2 is 1.74 bits per heavy atom. The highest BCUT2D eigenvalue weighted by molar-refractivity contribution is 9.10. The van der Waals surface area contributed by atoms with Crippen LogP contribution >= 0.6 is 15.9 Å². The second-order valence-electron chi connectivity index (χ2n) is 4.92. The molecule has 2 rings (SSSR count). The van der Waals surface area contributed by atoms with Gasteiger partial charge in [-0.1, -0.05) is 17.7 Å². The first-order valence-electron chi connectivity index (χ1n) is 6.19. The molecule has 19 heavy (non-hydrogen) atoms. The molecule has 0 aliphatic heterocycles. The Hall–Kier alpha value is -1.42. The highest BCUT2D eigenvalue weighted by Crippen LogP contribution is 2.17. The number of nitrogens with zero attached hydrogens (tertiary/aromatic N) is 2. The molecular weight excluding hydrogens is 304 g/mol. The molecule has 100 valence electrons. The average Bonchev–Trinajstić information content (AvgIpc) is 2.32. The molecule has 0 aliphatic carbocycles. The zero-order valence-electron chi connectivity index (χ0n) is 11.6. The van der Waals surface area contributed by atoms with Gasteiger partial charge in [0.05, 0.1) is 6.54 Å². The molecule has 2 aromatic rings. The molecule has 0 unspecified atom stereocenters. The molecule has 0 fully saturated rings. The van der Waals surface area contributed by atoms with Crippen molar-refractivity contribution >= 4 is 15.9 Å². The van der Waals surface area contributed by atoms with Crippen LogP contribution in [0.3, 0.4) is 0 Å². The minimum atomic E-state index is -0.0353. The van der Waals surface area contributed by atoms with Crippen LogP contribution in [-0.4, -0.2) is 9.55 Å². The van der Waals surface area contributed by atoms with Gasteiger partial charge >= 0.3 is 0 Å². The second kappa shape index (κ2) is 5.29. The Morgan fingerprint density at radius 3 is 2.32 bits per heavy atom. The van der Waals surface area contributed by atoms with Crippen LogP contribution in [-0.2, 0) is 6.54 Å². The van der Waals surface area contributed by atoms with Crippen molar-refractivity contribution in [3.8, 4) is 0 Å². The number of rotatable bonds is 2. The Labute approximate surface area is 121 Å². The quantitative estimate of drug-likeness (QED) is 0.851. The highest BCUT2D eigenvalue weighted by atomic mass is 79.9. The summed E-state index contributed by atoms with van der Waals surface area (Å²) in [6.07, 6.45) is 1.56. The van der Waals surface area contributed by atoms with Gasteiger partial charge in [0, 0.05) is 6.20 Å². The molecule has 0 atom stereocenters. The van der Waals surface area contributed by atoms with Crippen LogP contribution in [0.15, 0.2) is 27.6 Å². The van der Waals surface area contributed by atoms with Gasteiger partial charge in [0.2, 0.25) is 0 Å². The normalized spacial score (nSPS) is 10.8. The molecule has 0 N–H and O–H groups in total. The summed E-state index contributed by atoms with van der Waals surface area (Å²) in [6, 6.07) is 4.29. The first-order chi connectivity index (χ1) is 8.90. The fourth-order valence-electron chi connectivity index (χ4n) is 2.35. The summed E-state index contributed by atoms with van der Waals surface area (Å²) in [5.41, 5.74) is 4.82. The summed E-state index contributed by atoms with van der Waals surface area (Å²) in [4.78, 5) is 16.4. The minimum absolute atomic E-state index is 0.0353. The van der Waals surface area contributed by atoms with Crippen molar-refractivity contribution < 1.29 is 0 Å². The number of aryl methyl sites for hydroxylation is 4. The predicted octanol–water partition coefficient (Wildman–Crippen LogP) is 3.29. The molecule has 0 amide bonds. The summed E-state index contributed by atoms with van der Waals surface area (Å²) < 4.78 is 2.20. The average molecular weight is 321 g/mol. The van der Waals surface area contributed by atoms with Gasteiger partial charge in [-0.15, -0.1) is 0 Å². The van der Waals surface area contributed by atoms with E-state index in [4.69, 9.17) is 0 Å². The van der Waals surface area contributed by atoms with E-state index in [2.05, 4.69) is 53.8 Å². The number of hydrogen-bond acceptors (Lipinski definition) is 2. The van der Waals surface area contributed by atoms with Crippen molar-refractivity contribution in [3.05, 3.63) is 61.2 Å². The molecule has 4 heteroatoms. The number of hydrogen-bond donors (Lipinski definition) is 0. The van der Waals surface area contributed by atoms with Crippen LogP contribution in [0.25, 0.3) is 0 Å². The van der Waals surface area contributed by atoms with Gasteiger partial charge in [0.25, 0.3) is 5.56 Å². The Kier molecular flexibility index (Phi) is 3.90. The van der Waals surface area contributed by atoms with E-state index in [1.165, 1.54) is 22.3 Å². The monoisotopic (exact) mass is 320 g/mol. The van der Waals surface area contributed by atoms with Gasteiger partial charge in [-0.3, -0.25) is 9.36 Å². The highest BCUT2D eigenvalue weighted by Gasteiger charge is 2.10. The molecule has 0 saturated carbocycles. The zero-order chi connectivity index (χ0) is 14.2. The predicted molar refractivity (Wildman–Crippen MR) is 80.7 cm³/mol. The number of halogens is 1. The number of benzene rings is 1. The SMILES string of the molecule is Cc1cc(C)c(Cn2c(C)ncc(Br)c2=O)c(C)c1. The lowest BCUT2D eigenvalue weighted by molar-refractivity contribution is 0.690. The van der Waals surface area contributed by atoms with Crippen molar-refractivity contribution in [2.45, 2.75) is 34.2 Å². The van der Waals surface area contributed by atoms with Crippen molar-refractivity contribution in [1.82, 2.24) is 9.55 Å². The molecular formula is C15H17BrN2O. The van der Waals surface area contributed by atoms with Crippen LogP contribution in [0.1, 0.15) is 28.1 Å². The van der Waals surface area contributed by atoms with Gasteiger partial charge in [-0.25, -0.2) is 4.98 Å². The third-order valence-electron chi connectivity index (χ3n) is 3.36. The van der Waals surface area contributed by atoms with E-state index in [1.807, 2.05) is 6.92 Å². The van der Waals surface area contributed by atoms with Crippen LogP contribution < -0.4 is 5.56 Å². The van der Waals surface area contributed by atoms with Crippen molar-refractivity contribution in [1.29, 1.82) is 0 Å². The third kappa shape index (κ3) is 2.78. The Balaban J connectivity index is 2.54. The smallest absolute Gasteiger partial charge is 0.268 e. The summed E-state index contributed by atoms with van der Waals surface area (Å²) in [5, 5.41) is 0. The van der Waals surface area contributed by atoms with Gasteiger partial charge in [-0.2, -0.15) is 0 Å². The molecule has 0 aliphatic rings. The fourth-order valence-corrected chi connectivity index (χ4v) is 2.67. The zero-order valence-corrected chi connectivity index (χ0v) is 13.2. The number of aromatic nitrogens is 2. The van der Waals surface area contributed by atoms with E-state index in [9.17, 15) is 4.79 Å². The molecule has 0 saturated heterocycles. The fraction of sp³-hybridized carbons (Fsp3) is 0.333. The molecule has 0 bridgehead atoms. The lowest BCUT2D eigenvalue weighted by Gasteiger charge is -2.14. The lowest BCUT2D eigenvalue weighted by Crippen LogP contribution is -2.25.